The Morgan fingerprint density at radius 3 is 0.765 bits per heavy atom. The van der Waals surface area contributed by atoms with Crippen LogP contribution in [0.15, 0.2) is 0 Å². The van der Waals surface area contributed by atoms with Crippen LogP contribution in [0, 0.1) is 0 Å². The molecule has 0 radical (unpaired) electrons. The van der Waals surface area contributed by atoms with Gasteiger partial charge in [0, 0.05) is 6.61 Å². The summed E-state index contributed by atoms with van der Waals surface area (Å²) in [6.07, 6.45) is 3.17. The topological polar surface area (TPSA) is 89.4 Å². The van der Waals surface area contributed by atoms with Crippen molar-refractivity contribution in [3.05, 3.63) is 0 Å². The second-order valence-corrected chi connectivity index (χ2v) is 2.84. The first-order chi connectivity index (χ1) is 7.66. The molecule has 17 heavy (non-hydrogen) atoms. The number of rotatable bonds is 4. The van der Waals surface area contributed by atoms with Gasteiger partial charge in [-0.3, -0.25) is 0 Å². The molecule has 0 atom stereocenters. The smallest absolute Gasteiger partial charge is 0.854 e. The summed E-state index contributed by atoms with van der Waals surface area (Å²) in [4.78, 5) is 0. The van der Waals surface area contributed by atoms with Gasteiger partial charge in [-0.15, -0.1) is 19.8 Å². The Morgan fingerprint density at radius 1 is 0.647 bits per heavy atom. The van der Waals surface area contributed by atoms with Crippen LogP contribution in [0.4, 0.5) is 0 Å². The van der Waals surface area contributed by atoms with Gasteiger partial charge < -0.3 is 20.4 Å². The Labute approximate surface area is 118 Å². The Kier molecular flexibility index (Phi) is 98.8. The molecular weight excluding hydrogens is 235 g/mol. The molecule has 0 amide bonds. The van der Waals surface area contributed by atoms with Crippen molar-refractivity contribution in [2.75, 3.05) is 26.4 Å². The van der Waals surface area contributed by atoms with Crippen molar-refractivity contribution in [1.82, 2.24) is 0 Å². The molecule has 0 fully saturated rings. The van der Waals surface area contributed by atoms with E-state index in [1.165, 1.54) is 0 Å². The van der Waals surface area contributed by atoms with Crippen LogP contribution in [0.5, 0.6) is 0 Å². The number of aliphatic hydroxyl groups excluding tert-OH is 1. The zero-order valence-corrected chi connectivity index (χ0v) is 13.1. The minimum Gasteiger partial charge on any atom is -0.854 e. The Balaban J connectivity index is -0.0000000369. The van der Waals surface area contributed by atoms with Gasteiger partial charge >= 0.3 is 17.4 Å². The maximum atomic E-state index is 9.30. The minimum atomic E-state index is 0. The van der Waals surface area contributed by atoms with E-state index >= 15 is 0 Å². The van der Waals surface area contributed by atoms with Gasteiger partial charge in [-0.1, -0.05) is 47.0 Å². The standard InChI is InChI=1S/C3H8O.3C3H7O.Al/c4*1-2-3-4;/h4H,2-3H2,1H3;3*2-3H2,1H3;/q;3*-1;+3. The fraction of sp³-hybridized carbons (Fsp3) is 1.00. The van der Waals surface area contributed by atoms with Gasteiger partial charge in [0.25, 0.3) is 0 Å². The van der Waals surface area contributed by atoms with E-state index in [1.54, 1.807) is 0 Å². The molecule has 0 aliphatic heterocycles. The van der Waals surface area contributed by atoms with Gasteiger partial charge in [-0.2, -0.15) is 0 Å². The molecule has 0 aliphatic rings. The van der Waals surface area contributed by atoms with E-state index in [-0.39, 0.29) is 37.2 Å². The molecule has 0 rings (SSSR count). The van der Waals surface area contributed by atoms with E-state index in [4.69, 9.17) is 5.11 Å². The molecule has 0 bridgehead atoms. The molecule has 0 saturated heterocycles. The van der Waals surface area contributed by atoms with E-state index in [2.05, 4.69) is 0 Å². The SMILES string of the molecule is CCCO.CCC[O-].CCC[O-].CCC[O-].[Al+3]. The third kappa shape index (κ3) is 177. The third-order valence-corrected chi connectivity index (χ3v) is 0.836. The number of hydrogen-bond donors (Lipinski definition) is 1. The molecule has 0 heterocycles. The summed E-state index contributed by atoms with van der Waals surface area (Å²) in [5.41, 5.74) is 0. The summed E-state index contributed by atoms with van der Waals surface area (Å²) < 4.78 is 0. The van der Waals surface area contributed by atoms with Crippen LogP contribution in [-0.4, -0.2) is 48.9 Å². The van der Waals surface area contributed by atoms with Gasteiger partial charge in [0.05, 0.1) is 0 Å². The summed E-state index contributed by atoms with van der Waals surface area (Å²) in [5, 5.41) is 35.8. The fourth-order valence-electron chi connectivity index (χ4n) is 0. The van der Waals surface area contributed by atoms with Gasteiger partial charge in [0.15, 0.2) is 0 Å². The van der Waals surface area contributed by atoms with Crippen molar-refractivity contribution in [3.63, 3.8) is 0 Å². The Morgan fingerprint density at radius 2 is 0.765 bits per heavy atom. The molecule has 0 aromatic rings. The normalized spacial score (nSPS) is 7.06. The Hall–Kier alpha value is 0.372. The molecule has 0 spiro atoms. The summed E-state index contributed by atoms with van der Waals surface area (Å²) in [5.74, 6) is 0. The first kappa shape index (κ1) is 30.4. The van der Waals surface area contributed by atoms with Crippen LogP contribution < -0.4 is 15.3 Å². The van der Waals surface area contributed by atoms with Crippen LogP contribution in [-0.2, 0) is 0 Å². The molecule has 1 N–H and O–H groups in total. The zero-order chi connectivity index (χ0) is 13.7. The molecule has 104 valence electrons. The van der Waals surface area contributed by atoms with Gasteiger partial charge in [0.1, 0.15) is 0 Å². The van der Waals surface area contributed by atoms with E-state index in [0.717, 1.165) is 25.7 Å². The fourth-order valence-corrected chi connectivity index (χ4v) is 0. The second kappa shape index (κ2) is 55.2. The quantitative estimate of drug-likeness (QED) is 0.678. The molecule has 4 nitrogen and oxygen atoms in total. The molecule has 0 saturated carbocycles. The third-order valence-electron chi connectivity index (χ3n) is 0.836. The minimum absolute atomic E-state index is 0. The maximum Gasteiger partial charge on any atom is 3.00 e. The summed E-state index contributed by atoms with van der Waals surface area (Å²) in [7, 11) is 0. The Bertz CT molecular complexity index is 42.5. The average molecular weight is 264 g/mol. The van der Waals surface area contributed by atoms with E-state index in [9.17, 15) is 15.3 Å². The van der Waals surface area contributed by atoms with Crippen molar-refractivity contribution >= 4 is 17.4 Å². The average Bonchev–Trinajstić information content (AvgIpc) is 2.39. The molecule has 5 heteroatoms. The largest absolute Gasteiger partial charge is 3.00 e. The first-order valence-corrected chi connectivity index (χ1v) is 6.01. The van der Waals surface area contributed by atoms with Crippen molar-refractivity contribution < 1.29 is 20.4 Å². The summed E-state index contributed by atoms with van der Waals surface area (Å²) in [6.45, 7) is 8.06. The number of aliphatic hydroxyl groups is 1. The molecule has 0 unspecified atom stereocenters. The zero-order valence-electron chi connectivity index (χ0n) is 11.9. The number of hydrogen-bond acceptors (Lipinski definition) is 4. The van der Waals surface area contributed by atoms with Crippen molar-refractivity contribution in [2.24, 2.45) is 0 Å². The van der Waals surface area contributed by atoms with E-state index in [1.807, 2.05) is 27.7 Å². The van der Waals surface area contributed by atoms with Crippen LogP contribution in [0.2, 0.25) is 0 Å². The van der Waals surface area contributed by atoms with Crippen molar-refractivity contribution in [1.29, 1.82) is 0 Å². The molecular formula is C12H29AlO4. The van der Waals surface area contributed by atoms with Gasteiger partial charge in [-0.25, -0.2) is 0 Å². The maximum absolute atomic E-state index is 9.30. The van der Waals surface area contributed by atoms with E-state index < -0.39 is 0 Å². The predicted molar refractivity (Wildman–Crippen MR) is 68.6 cm³/mol. The molecule has 0 aliphatic carbocycles. The van der Waals surface area contributed by atoms with Crippen molar-refractivity contribution in [3.8, 4) is 0 Å². The predicted octanol–water partition coefficient (Wildman–Crippen LogP) is -0.722. The van der Waals surface area contributed by atoms with Gasteiger partial charge in [-0.05, 0) is 6.42 Å². The summed E-state index contributed by atoms with van der Waals surface area (Å²) >= 11 is 0. The van der Waals surface area contributed by atoms with Crippen LogP contribution >= 0.6 is 0 Å². The summed E-state index contributed by atoms with van der Waals surface area (Å²) in [6, 6.07) is 0. The first-order valence-electron chi connectivity index (χ1n) is 6.01. The monoisotopic (exact) mass is 264 g/mol. The van der Waals surface area contributed by atoms with Gasteiger partial charge in [0.2, 0.25) is 0 Å². The van der Waals surface area contributed by atoms with Crippen LogP contribution in [0.3, 0.4) is 0 Å². The van der Waals surface area contributed by atoms with Crippen LogP contribution in [0.25, 0.3) is 0 Å². The van der Waals surface area contributed by atoms with Crippen molar-refractivity contribution in [2.45, 2.75) is 53.4 Å². The molecule has 0 aromatic carbocycles. The second-order valence-electron chi connectivity index (χ2n) is 2.84. The van der Waals surface area contributed by atoms with E-state index in [0.29, 0.717) is 6.61 Å². The molecule has 0 aromatic heterocycles. The van der Waals surface area contributed by atoms with Crippen LogP contribution in [0.1, 0.15) is 53.4 Å².